The van der Waals surface area contributed by atoms with Crippen molar-refractivity contribution in [3.8, 4) is 5.75 Å². The molecule has 1 atom stereocenters. The van der Waals surface area contributed by atoms with Crippen LogP contribution in [0.4, 0.5) is 0 Å². The van der Waals surface area contributed by atoms with Gasteiger partial charge in [-0.2, -0.15) is 0 Å². The molecule has 0 aliphatic carbocycles. The van der Waals surface area contributed by atoms with Crippen LogP contribution in [-0.4, -0.2) is 16.2 Å². The molecule has 0 saturated heterocycles. The molecule has 0 radical (unpaired) electrons. The topological polar surface area (TPSA) is 57.5 Å². The molecule has 3 nitrogen and oxygen atoms in total. The van der Waals surface area contributed by atoms with Crippen molar-refractivity contribution in [2.45, 2.75) is 39.0 Å². The van der Waals surface area contributed by atoms with Gasteiger partial charge in [-0.3, -0.25) is 4.79 Å². The molecule has 0 bridgehead atoms. The number of hydrogen-bond donors (Lipinski definition) is 2. The van der Waals surface area contributed by atoms with Crippen molar-refractivity contribution in [2.24, 2.45) is 5.92 Å². The first kappa shape index (κ1) is 13.6. The molecule has 1 unspecified atom stereocenters. The van der Waals surface area contributed by atoms with Crippen LogP contribution in [0, 0.1) is 5.92 Å². The number of phenols is 1. The second kappa shape index (κ2) is 6.94. The Morgan fingerprint density at radius 2 is 1.88 bits per heavy atom. The molecule has 0 heterocycles. The number of carbonyl (C=O) groups is 1. The Kier molecular flexibility index (Phi) is 5.53. The minimum atomic E-state index is -0.728. The van der Waals surface area contributed by atoms with Gasteiger partial charge >= 0.3 is 5.97 Å². The van der Waals surface area contributed by atoms with Gasteiger partial charge in [-0.15, -0.1) is 0 Å². The Morgan fingerprint density at radius 1 is 1.24 bits per heavy atom. The predicted octanol–water partition coefficient (Wildman–Crippen LogP) is 3.22. The molecule has 0 aromatic heterocycles. The molecule has 0 spiro atoms. The smallest absolute Gasteiger partial charge is 0.306 e. The van der Waals surface area contributed by atoms with Gasteiger partial charge in [0, 0.05) is 0 Å². The van der Waals surface area contributed by atoms with Gasteiger partial charge in [0.05, 0.1) is 5.92 Å². The van der Waals surface area contributed by atoms with Crippen LogP contribution in [0.5, 0.6) is 5.75 Å². The highest BCUT2D eigenvalue weighted by Crippen LogP contribution is 2.18. The first-order chi connectivity index (χ1) is 8.13. The van der Waals surface area contributed by atoms with E-state index in [1.165, 1.54) is 0 Å². The Bertz CT molecular complexity index is 343. The Labute approximate surface area is 102 Å². The number of carboxylic acid groups (broad SMARTS) is 1. The van der Waals surface area contributed by atoms with E-state index in [-0.39, 0.29) is 11.7 Å². The third kappa shape index (κ3) is 4.89. The van der Waals surface area contributed by atoms with E-state index < -0.39 is 5.97 Å². The number of benzene rings is 1. The average molecular weight is 236 g/mol. The molecule has 1 aromatic rings. The highest BCUT2D eigenvalue weighted by molar-refractivity contribution is 5.70. The molecular formula is C14H20O3. The zero-order chi connectivity index (χ0) is 12.7. The SMILES string of the molecule is CCCCCC(Cc1ccc(O)cc1)C(=O)O. The summed E-state index contributed by atoms with van der Waals surface area (Å²) in [4.78, 5) is 11.1. The van der Waals surface area contributed by atoms with Crippen LogP contribution >= 0.6 is 0 Å². The number of phenolic OH excluding ortho intramolecular Hbond substituents is 1. The molecule has 2 N–H and O–H groups in total. The highest BCUT2D eigenvalue weighted by atomic mass is 16.4. The molecular weight excluding hydrogens is 216 g/mol. The van der Waals surface area contributed by atoms with Crippen molar-refractivity contribution in [1.82, 2.24) is 0 Å². The molecule has 0 aliphatic heterocycles. The maximum Gasteiger partial charge on any atom is 0.306 e. The summed E-state index contributed by atoms with van der Waals surface area (Å²) in [5.74, 6) is -0.827. The highest BCUT2D eigenvalue weighted by Gasteiger charge is 2.17. The van der Waals surface area contributed by atoms with Gasteiger partial charge in [-0.1, -0.05) is 38.3 Å². The summed E-state index contributed by atoms with van der Waals surface area (Å²) < 4.78 is 0. The summed E-state index contributed by atoms with van der Waals surface area (Å²) >= 11 is 0. The van der Waals surface area contributed by atoms with Crippen LogP contribution in [0.25, 0.3) is 0 Å². The van der Waals surface area contributed by atoms with Crippen LogP contribution in [-0.2, 0) is 11.2 Å². The van der Waals surface area contributed by atoms with E-state index in [0.29, 0.717) is 6.42 Å². The number of aliphatic carboxylic acids is 1. The standard InChI is InChI=1S/C14H20O3/c1-2-3-4-5-12(14(16)17)10-11-6-8-13(15)9-7-11/h6-9,12,15H,2-5,10H2,1H3,(H,16,17). The number of unbranched alkanes of at least 4 members (excludes halogenated alkanes) is 2. The quantitative estimate of drug-likeness (QED) is 0.715. The second-order valence-electron chi connectivity index (χ2n) is 4.40. The van der Waals surface area contributed by atoms with Crippen LogP contribution in [0.1, 0.15) is 38.2 Å². The molecule has 1 aromatic carbocycles. The van der Waals surface area contributed by atoms with Gasteiger partial charge in [0.1, 0.15) is 5.75 Å². The Balaban J connectivity index is 2.54. The van der Waals surface area contributed by atoms with E-state index in [9.17, 15) is 4.79 Å². The van der Waals surface area contributed by atoms with E-state index in [1.807, 2.05) is 0 Å². The fraction of sp³-hybridized carbons (Fsp3) is 0.500. The zero-order valence-corrected chi connectivity index (χ0v) is 10.2. The minimum Gasteiger partial charge on any atom is -0.508 e. The molecule has 0 amide bonds. The first-order valence-electron chi connectivity index (χ1n) is 6.14. The maximum absolute atomic E-state index is 11.1. The van der Waals surface area contributed by atoms with E-state index >= 15 is 0 Å². The molecule has 0 saturated carbocycles. The lowest BCUT2D eigenvalue weighted by Crippen LogP contribution is -2.16. The average Bonchev–Trinajstić information content (AvgIpc) is 2.30. The Hall–Kier alpha value is -1.51. The Morgan fingerprint density at radius 3 is 2.41 bits per heavy atom. The molecule has 3 heteroatoms. The van der Waals surface area contributed by atoms with Crippen molar-refractivity contribution < 1.29 is 15.0 Å². The van der Waals surface area contributed by atoms with Gasteiger partial charge < -0.3 is 10.2 Å². The lowest BCUT2D eigenvalue weighted by atomic mass is 9.94. The van der Waals surface area contributed by atoms with Crippen molar-refractivity contribution in [2.75, 3.05) is 0 Å². The summed E-state index contributed by atoms with van der Waals surface area (Å²) in [6, 6.07) is 6.76. The zero-order valence-electron chi connectivity index (χ0n) is 10.2. The molecule has 1 rings (SSSR count). The van der Waals surface area contributed by atoms with Gasteiger partial charge in [0.15, 0.2) is 0 Å². The predicted molar refractivity (Wildman–Crippen MR) is 67.1 cm³/mol. The van der Waals surface area contributed by atoms with Gasteiger partial charge in [-0.05, 0) is 30.5 Å². The fourth-order valence-corrected chi connectivity index (χ4v) is 1.87. The third-order valence-electron chi connectivity index (χ3n) is 2.92. The van der Waals surface area contributed by atoms with E-state index in [1.54, 1.807) is 24.3 Å². The first-order valence-corrected chi connectivity index (χ1v) is 6.14. The number of rotatable bonds is 7. The van der Waals surface area contributed by atoms with Gasteiger partial charge in [-0.25, -0.2) is 0 Å². The number of hydrogen-bond acceptors (Lipinski definition) is 2. The molecule has 17 heavy (non-hydrogen) atoms. The van der Waals surface area contributed by atoms with Gasteiger partial charge in [0.2, 0.25) is 0 Å². The number of carboxylic acids is 1. The monoisotopic (exact) mass is 236 g/mol. The second-order valence-corrected chi connectivity index (χ2v) is 4.40. The van der Waals surface area contributed by atoms with Crippen molar-refractivity contribution in [1.29, 1.82) is 0 Å². The minimum absolute atomic E-state index is 0.214. The molecule has 94 valence electrons. The summed E-state index contributed by atoms with van der Waals surface area (Å²) in [5, 5.41) is 18.3. The molecule has 0 fully saturated rings. The van der Waals surface area contributed by atoms with Crippen LogP contribution in [0.2, 0.25) is 0 Å². The van der Waals surface area contributed by atoms with Crippen molar-refractivity contribution in [3.63, 3.8) is 0 Å². The van der Waals surface area contributed by atoms with E-state index in [4.69, 9.17) is 10.2 Å². The maximum atomic E-state index is 11.1. The summed E-state index contributed by atoms with van der Waals surface area (Å²) in [6.45, 7) is 2.11. The summed E-state index contributed by atoms with van der Waals surface area (Å²) in [5.41, 5.74) is 0.965. The normalized spacial score (nSPS) is 12.3. The van der Waals surface area contributed by atoms with Crippen LogP contribution in [0.15, 0.2) is 24.3 Å². The summed E-state index contributed by atoms with van der Waals surface area (Å²) in [6.07, 6.45) is 4.42. The third-order valence-corrected chi connectivity index (χ3v) is 2.92. The summed E-state index contributed by atoms with van der Waals surface area (Å²) in [7, 11) is 0. The lowest BCUT2D eigenvalue weighted by molar-refractivity contribution is -0.142. The van der Waals surface area contributed by atoms with Crippen LogP contribution in [0.3, 0.4) is 0 Å². The van der Waals surface area contributed by atoms with Crippen molar-refractivity contribution in [3.05, 3.63) is 29.8 Å². The van der Waals surface area contributed by atoms with Crippen molar-refractivity contribution >= 4 is 5.97 Å². The van der Waals surface area contributed by atoms with E-state index in [0.717, 1.165) is 31.2 Å². The van der Waals surface area contributed by atoms with E-state index in [2.05, 4.69) is 6.92 Å². The lowest BCUT2D eigenvalue weighted by Gasteiger charge is -2.12. The molecule has 0 aliphatic rings. The number of aromatic hydroxyl groups is 1. The largest absolute Gasteiger partial charge is 0.508 e. The van der Waals surface area contributed by atoms with Crippen LogP contribution < -0.4 is 0 Å². The fourth-order valence-electron chi connectivity index (χ4n) is 1.87. The van der Waals surface area contributed by atoms with Gasteiger partial charge in [0.25, 0.3) is 0 Å².